The molecular weight excluding hydrogens is 344 g/mol. The summed E-state index contributed by atoms with van der Waals surface area (Å²) in [6, 6.07) is 6.97. The molecule has 4 rings (SSSR count). The van der Waals surface area contributed by atoms with Gasteiger partial charge in [0.25, 0.3) is 5.91 Å². The van der Waals surface area contributed by atoms with Crippen LogP contribution in [0, 0.1) is 11.3 Å². The molecule has 0 unspecified atom stereocenters. The zero-order valence-electron chi connectivity index (χ0n) is 15.6. The fourth-order valence-corrected chi connectivity index (χ4v) is 5.44. The van der Waals surface area contributed by atoms with Gasteiger partial charge in [-0.15, -0.1) is 11.3 Å². The second kappa shape index (κ2) is 6.31. The van der Waals surface area contributed by atoms with E-state index in [-0.39, 0.29) is 17.8 Å². The molecule has 1 aromatic heterocycles. The number of nitrogens with one attached hydrogen (secondary N) is 2. The smallest absolute Gasteiger partial charge is 0.256 e. The van der Waals surface area contributed by atoms with E-state index in [1.807, 2.05) is 12.1 Å². The third-order valence-corrected chi connectivity index (χ3v) is 7.47. The summed E-state index contributed by atoms with van der Waals surface area (Å²) >= 11 is 1.75. The maximum absolute atomic E-state index is 12.8. The van der Waals surface area contributed by atoms with Crippen molar-refractivity contribution in [2.24, 2.45) is 11.3 Å². The van der Waals surface area contributed by atoms with Crippen LogP contribution in [0.1, 0.15) is 66.1 Å². The van der Waals surface area contributed by atoms with Crippen molar-refractivity contribution in [3.8, 4) is 5.75 Å². The minimum atomic E-state index is -0.251. The van der Waals surface area contributed by atoms with Crippen LogP contribution in [0.3, 0.4) is 0 Å². The molecule has 0 fully saturated rings. The number of fused-ring (bicyclic) bond motifs is 3. The number of benzene rings is 1. The number of amides is 1. The average molecular weight is 371 g/mol. The van der Waals surface area contributed by atoms with Gasteiger partial charge in [-0.2, -0.15) is 0 Å². The topological polar surface area (TPSA) is 61.4 Å². The van der Waals surface area contributed by atoms with Crippen LogP contribution in [-0.2, 0) is 12.8 Å². The molecule has 1 aliphatic heterocycles. The number of phenols is 1. The van der Waals surface area contributed by atoms with E-state index in [4.69, 9.17) is 0 Å². The van der Waals surface area contributed by atoms with E-state index in [2.05, 4.69) is 31.4 Å². The first kappa shape index (κ1) is 17.4. The van der Waals surface area contributed by atoms with Gasteiger partial charge in [0.2, 0.25) is 0 Å². The quantitative estimate of drug-likeness (QED) is 0.724. The summed E-state index contributed by atoms with van der Waals surface area (Å²) in [5.41, 5.74) is 3.39. The van der Waals surface area contributed by atoms with Gasteiger partial charge in [0.15, 0.2) is 0 Å². The van der Waals surface area contributed by atoms with Crippen molar-refractivity contribution < 1.29 is 9.90 Å². The zero-order chi connectivity index (χ0) is 18.5. The van der Waals surface area contributed by atoms with Crippen molar-refractivity contribution in [3.63, 3.8) is 0 Å². The first-order valence-electron chi connectivity index (χ1n) is 9.40. The Balaban J connectivity index is 1.63. The molecule has 0 bridgehead atoms. The lowest BCUT2D eigenvalue weighted by Crippen LogP contribution is -2.38. The molecule has 3 N–H and O–H groups in total. The standard InChI is InChI=1S/C21H26N2O2S/c1-4-21(2,3)13-7-10-15-16(11-13)26-20-17(15)19(25)22-18(23-20)12-5-8-14(24)9-6-12/h5-6,8-9,13,18,23-24H,4,7,10-11H2,1-3H3,(H,22,25)/t13-,18+/m1/s1. The lowest BCUT2D eigenvalue weighted by molar-refractivity contribution is 0.0934. The molecule has 1 aromatic carbocycles. The number of hydrogen-bond donors (Lipinski definition) is 3. The molecule has 2 heterocycles. The Morgan fingerprint density at radius 1 is 1.23 bits per heavy atom. The average Bonchev–Trinajstić information content (AvgIpc) is 3.00. The number of phenolic OH excluding ortho intramolecular Hbond substituents is 1. The summed E-state index contributed by atoms with van der Waals surface area (Å²) in [6.45, 7) is 7.00. The number of thiophene rings is 1. The van der Waals surface area contributed by atoms with E-state index < -0.39 is 0 Å². The van der Waals surface area contributed by atoms with E-state index in [9.17, 15) is 9.90 Å². The monoisotopic (exact) mass is 370 g/mol. The molecule has 0 spiro atoms. The highest BCUT2D eigenvalue weighted by Gasteiger charge is 2.37. The highest BCUT2D eigenvalue weighted by Crippen LogP contribution is 2.46. The summed E-state index contributed by atoms with van der Waals surface area (Å²) < 4.78 is 0. The fourth-order valence-electron chi connectivity index (χ4n) is 4.09. The van der Waals surface area contributed by atoms with E-state index in [1.54, 1.807) is 23.5 Å². The van der Waals surface area contributed by atoms with Crippen molar-refractivity contribution in [1.82, 2.24) is 5.32 Å². The molecule has 0 saturated heterocycles. The van der Waals surface area contributed by atoms with Crippen molar-refractivity contribution >= 4 is 22.2 Å². The van der Waals surface area contributed by atoms with Gasteiger partial charge in [0.05, 0.1) is 5.56 Å². The third kappa shape index (κ3) is 2.88. The summed E-state index contributed by atoms with van der Waals surface area (Å²) in [6.07, 6.45) is 4.16. The number of hydrogen-bond acceptors (Lipinski definition) is 4. The van der Waals surface area contributed by atoms with Crippen molar-refractivity contribution in [3.05, 3.63) is 45.8 Å². The van der Waals surface area contributed by atoms with Crippen LogP contribution in [0.2, 0.25) is 0 Å². The Morgan fingerprint density at radius 2 is 1.96 bits per heavy atom. The number of carbonyl (C=O) groups excluding carboxylic acids is 1. The maximum atomic E-state index is 12.8. The van der Waals surface area contributed by atoms with Crippen LogP contribution in [0.25, 0.3) is 0 Å². The van der Waals surface area contributed by atoms with E-state index in [0.717, 1.165) is 35.4 Å². The van der Waals surface area contributed by atoms with Crippen LogP contribution in [0.5, 0.6) is 5.75 Å². The molecule has 138 valence electrons. The molecular formula is C21H26N2O2S. The van der Waals surface area contributed by atoms with Gasteiger partial charge in [-0.3, -0.25) is 4.79 Å². The molecule has 1 aliphatic carbocycles. The van der Waals surface area contributed by atoms with E-state index >= 15 is 0 Å². The minimum absolute atomic E-state index is 0.0162. The van der Waals surface area contributed by atoms with Crippen LogP contribution in [-0.4, -0.2) is 11.0 Å². The summed E-state index contributed by atoms with van der Waals surface area (Å²) in [4.78, 5) is 14.2. The van der Waals surface area contributed by atoms with E-state index in [1.165, 1.54) is 16.9 Å². The molecule has 4 nitrogen and oxygen atoms in total. The van der Waals surface area contributed by atoms with Gasteiger partial charge in [0.1, 0.15) is 16.9 Å². The fraction of sp³-hybridized carbons (Fsp3) is 0.476. The Kier molecular flexibility index (Phi) is 4.22. The lowest BCUT2D eigenvalue weighted by atomic mass is 9.69. The molecule has 5 heteroatoms. The number of carbonyl (C=O) groups is 1. The predicted molar refractivity (Wildman–Crippen MR) is 106 cm³/mol. The van der Waals surface area contributed by atoms with Gasteiger partial charge in [0, 0.05) is 4.88 Å². The summed E-state index contributed by atoms with van der Waals surface area (Å²) in [7, 11) is 0. The Labute approximate surface area is 158 Å². The van der Waals surface area contributed by atoms with Gasteiger partial charge in [-0.05, 0) is 53.9 Å². The summed E-state index contributed by atoms with van der Waals surface area (Å²) in [5, 5.41) is 17.0. The zero-order valence-corrected chi connectivity index (χ0v) is 16.4. The third-order valence-electron chi connectivity index (χ3n) is 6.29. The SMILES string of the molecule is CCC(C)(C)[C@@H]1CCc2c(sc3c2C(=O)N[C@H](c2ccc(O)cc2)N3)C1. The van der Waals surface area contributed by atoms with Gasteiger partial charge in [-0.25, -0.2) is 0 Å². The van der Waals surface area contributed by atoms with Gasteiger partial charge in [-0.1, -0.05) is 39.3 Å². The first-order valence-corrected chi connectivity index (χ1v) is 10.2. The largest absolute Gasteiger partial charge is 0.508 e. The summed E-state index contributed by atoms with van der Waals surface area (Å²) in [5.74, 6) is 0.923. The second-order valence-electron chi connectivity index (χ2n) is 8.13. The molecule has 1 amide bonds. The Hall–Kier alpha value is -2.01. The van der Waals surface area contributed by atoms with Gasteiger partial charge >= 0.3 is 0 Å². The number of anilines is 1. The number of rotatable bonds is 3. The van der Waals surface area contributed by atoms with Crippen LogP contribution in [0.4, 0.5) is 5.00 Å². The van der Waals surface area contributed by atoms with E-state index in [0.29, 0.717) is 11.3 Å². The molecule has 0 radical (unpaired) electrons. The highest BCUT2D eigenvalue weighted by atomic mass is 32.1. The van der Waals surface area contributed by atoms with Crippen molar-refractivity contribution in [2.75, 3.05) is 5.32 Å². The second-order valence-corrected chi connectivity index (χ2v) is 9.24. The molecule has 2 atom stereocenters. The predicted octanol–water partition coefficient (Wildman–Crippen LogP) is 4.85. The Morgan fingerprint density at radius 3 is 2.65 bits per heavy atom. The molecule has 26 heavy (non-hydrogen) atoms. The highest BCUT2D eigenvalue weighted by molar-refractivity contribution is 7.16. The maximum Gasteiger partial charge on any atom is 0.256 e. The van der Waals surface area contributed by atoms with Gasteiger partial charge < -0.3 is 15.7 Å². The van der Waals surface area contributed by atoms with Crippen molar-refractivity contribution in [1.29, 1.82) is 0 Å². The molecule has 0 saturated carbocycles. The minimum Gasteiger partial charge on any atom is -0.508 e. The first-order chi connectivity index (χ1) is 12.4. The normalized spacial score (nSPS) is 22.2. The van der Waals surface area contributed by atoms with Crippen LogP contribution >= 0.6 is 11.3 Å². The molecule has 2 aromatic rings. The molecule has 2 aliphatic rings. The van der Waals surface area contributed by atoms with Crippen LogP contribution in [0.15, 0.2) is 24.3 Å². The Bertz CT molecular complexity index is 838. The van der Waals surface area contributed by atoms with Crippen LogP contribution < -0.4 is 10.6 Å². The number of aromatic hydroxyl groups is 1. The van der Waals surface area contributed by atoms with Crippen molar-refractivity contribution in [2.45, 2.75) is 52.6 Å². The lowest BCUT2D eigenvalue weighted by Gasteiger charge is -2.36.